The van der Waals surface area contributed by atoms with Crippen LogP contribution in [0.4, 0.5) is 0 Å². The number of hydrogen-bond donors (Lipinski definition) is 1. The number of benzene rings is 1. The van der Waals surface area contributed by atoms with Crippen LogP contribution in [0.15, 0.2) is 30.3 Å². The molecule has 0 aromatic heterocycles. The van der Waals surface area contributed by atoms with E-state index in [1.54, 1.807) is 0 Å². The van der Waals surface area contributed by atoms with Crippen LogP contribution in [0.1, 0.15) is 38.4 Å². The zero-order valence-corrected chi connectivity index (χ0v) is 11.1. The van der Waals surface area contributed by atoms with Crippen molar-refractivity contribution in [2.45, 2.75) is 32.8 Å². The van der Waals surface area contributed by atoms with Gasteiger partial charge in [-0.1, -0.05) is 37.3 Å². The molecule has 0 radical (unpaired) electrons. The van der Waals surface area contributed by atoms with Crippen molar-refractivity contribution in [2.24, 2.45) is 5.92 Å². The Hall–Kier alpha value is -0.470. The second-order valence-corrected chi connectivity index (χ2v) is 4.78. The maximum atomic E-state index is 5.82. The standard InChI is InChI=1S/C14H22OS/c1-12(9-11-16)8-10-15-13(2)14-6-4-3-5-7-14/h3-7,12-13,16H,8-11H2,1-2H3. The van der Waals surface area contributed by atoms with Crippen molar-refractivity contribution in [3.8, 4) is 0 Å². The second-order valence-electron chi connectivity index (χ2n) is 4.33. The van der Waals surface area contributed by atoms with E-state index in [1.165, 1.54) is 12.0 Å². The van der Waals surface area contributed by atoms with E-state index in [4.69, 9.17) is 4.74 Å². The summed E-state index contributed by atoms with van der Waals surface area (Å²) in [7, 11) is 0. The first-order valence-corrected chi connectivity index (χ1v) is 6.64. The summed E-state index contributed by atoms with van der Waals surface area (Å²) in [4.78, 5) is 0. The fraction of sp³-hybridized carbons (Fsp3) is 0.571. The molecule has 0 heterocycles. The molecular weight excluding hydrogens is 216 g/mol. The molecule has 0 N–H and O–H groups in total. The highest BCUT2D eigenvalue weighted by atomic mass is 32.1. The summed E-state index contributed by atoms with van der Waals surface area (Å²) < 4.78 is 5.82. The van der Waals surface area contributed by atoms with E-state index in [-0.39, 0.29) is 6.10 Å². The SMILES string of the molecule is CC(CCS)CCOC(C)c1ccccc1. The summed E-state index contributed by atoms with van der Waals surface area (Å²) in [6.45, 7) is 5.20. The van der Waals surface area contributed by atoms with Gasteiger partial charge < -0.3 is 4.74 Å². The van der Waals surface area contributed by atoms with E-state index in [0.29, 0.717) is 5.92 Å². The monoisotopic (exact) mass is 238 g/mol. The van der Waals surface area contributed by atoms with Crippen LogP contribution in [-0.2, 0) is 4.74 Å². The van der Waals surface area contributed by atoms with Gasteiger partial charge in [-0.05, 0) is 37.0 Å². The predicted molar refractivity (Wildman–Crippen MR) is 73.1 cm³/mol. The van der Waals surface area contributed by atoms with Crippen molar-refractivity contribution in [1.82, 2.24) is 0 Å². The third-order valence-electron chi connectivity index (χ3n) is 2.87. The lowest BCUT2D eigenvalue weighted by atomic mass is 10.1. The van der Waals surface area contributed by atoms with Crippen molar-refractivity contribution in [3.63, 3.8) is 0 Å². The molecule has 0 spiro atoms. The van der Waals surface area contributed by atoms with Gasteiger partial charge in [-0.2, -0.15) is 12.6 Å². The van der Waals surface area contributed by atoms with Gasteiger partial charge in [0.05, 0.1) is 6.10 Å². The zero-order chi connectivity index (χ0) is 11.8. The quantitative estimate of drug-likeness (QED) is 0.703. The van der Waals surface area contributed by atoms with Gasteiger partial charge >= 0.3 is 0 Å². The first-order valence-electron chi connectivity index (χ1n) is 6.01. The first-order chi connectivity index (χ1) is 7.74. The molecule has 0 amide bonds. The molecule has 1 aromatic rings. The van der Waals surface area contributed by atoms with E-state index in [1.807, 2.05) is 6.07 Å². The van der Waals surface area contributed by atoms with Gasteiger partial charge in [-0.25, -0.2) is 0 Å². The largest absolute Gasteiger partial charge is 0.374 e. The van der Waals surface area contributed by atoms with Crippen molar-refractivity contribution < 1.29 is 4.74 Å². The Morgan fingerprint density at radius 3 is 2.44 bits per heavy atom. The van der Waals surface area contributed by atoms with Crippen LogP contribution >= 0.6 is 12.6 Å². The lowest BCUT2D eigenvalue weighted by molar-refractivity contribution is 0.0570. The summed E-state index contributed by atoms with van der Waals surface area (Å²) in [5, 5.41) is 0. The molecule has 16 heavy (non-hydrogen) atoms. The average Bonchev–Trinajstić information content (AvgIpc) is 2.30. The molecule has 1 aromatic carbocycles. The van der Waals surface area contributed by atoms with Crippen LogP contribution in [0, 0.1) is 5.92 Å². The smallest absolute Gasteiger partial charge is 0.0796 e. The van der Waals surface area contributed by atoms with Gasteiger partial charge in [-0.3, -0.25) is 0 Å². The third kappa shape index (κ3) is 5.04. The van der Waals surface area contributed by atoms with E-state index >= 15 is 0 Å². The molecule has 0 aliphatic heterocycles. The molecule has 0 aliphatic carbocycles. The van der Waals surface area contributed by atoms with Crippen molar-refractivity contribution in [1.29, 1.82) is 0 Å². The molecule has 0 fully saturated rings. The minimum atomic E-state index is 0.199. The van der Waals surface area contributed by atoms with Crippen LogP contribution in [0.3, 0.4) is 0 Å². The molecule has 2 heteroatoms. The fourth-order valence-corrected chi connectivity index (χ4v) is 2.07. The Labute approximate surface area is 105 Å². The molecule has 0 saturated carbocycles. The summed E-state index contributed by atoms with van der Waals surface area (Å²) >= 11 is 4.24. The summed E-state index contributed by atoms with van der Waals surface area (Å²) in [6, 6.07) is 10.4. The summed E-state index contributed by atoms with van der Waals surface area (Å²) in [5.41, 5.74) is 1.25. The van der Waals surface area contributed by atoms with Gasteiger partial charge in [0.25, 0.3) is 0 Å². The number of thiol groups is 1. The molecule has 1 rings (SSSR count). The Morgan fingerprint density at radius 1 is 1.12 bits per heavy atom. The van der Waals surface area contributed by atoms with Gasteiger partial charge in [-0.15, -0.1) is 0 Å². The molecule has 90 valence electrons. The van der Waals surface area contributed by atoms with Crippen LogP contribution in [0.5, 0.6) is 0 Å². The van der Waals surface area contributed by atoms with E-state index in [0.717, 1.165) is 18.8 Å². The highest BCUT2D eigenvalue weighted by Crippen LogP contribution is 2.17. The topological polar surface area (TPSA) is 9.23 Å². The summed E-state index contributed by atoms with van der Waals surface area (Å²) in [5.74, 6) is 1.68. The number of rotatable bonds is 7. The molecule has 0 saturated heterocycles. The summed E-state index contributed by atoms with van der Waals surface area (Å²) in [6.07, 6.45) is 2.49. The molecular formula is C14H22OS. The maximum absolute atomic E-state index is 5.82. The van der Waals surface area contributed by atoms with Gasteiger partial charge in [0.15, 0.2) is 0 Å². The normalized spacial score (nSPS) is 14.7. The fourth-order valence-electron chi connectivity index (χ4n) is 1.63. The lowest BCUT2D eigenvalue weighted by Gasteiger charge is -2.15. The number of ether oxygens (including phenoxy) is 1. The Morgan fingerprint density at radius 2 is 1.81 bits per heavy atom. The highest BCUT2D eigenvalue weighted by molar-refractivity contribution is 7.80. The van der Waals surface area contributed by atoms with Gasteiger partial charge in [0, 0.05) is 6.61 Å². The van der Waals surface area contributed by atoms with Crippen LogP contribution < -0.4 is 0 Å². The minimum Gasteiger partial charge on any atom is -0.374 e. The molecule has 2 atom stereocenters. The van der Waals surface area contributed by atoms with Gasteiger partial charge in [0.2, 0.25) is 0 Å². The van der Waals surface area contributed by atoms with Crippen LogP contribution in [0.25, 0.3) is 0 Å². The maximum Gasteiger partial charge on any atom is 0.0796 e. The minimum absolute atomic E-state index is 0.199. The van der Waals surface area contributed by atoms with Crippen molar-refractivity contribution >= 4 is 12.6 Å². The van der Waals surface area contributed by atoms with Gasteiger partial charge in [0.1, 0.15) is 0 Å². The first kappa shape index (κ1) is 13.6. The van der Waals surface area contributed by atoms with E-state index in [9.17, 15) is 0 Å². The number of hydrogen-bond acceptors (Lipinski definition) is 2. The molecule has 1 nitrogen and oxygen atoms in total. The van der Waals surface area contributed by atoms with Crippen LogP contribution in [0.2, 0.25) is 0 Å². The van der Waals surface area contributed by atoms with Crippen molar-refractivity contribution in [2.75, 3.05) is 12.4 Å². The molecule has 0 aliphatic rings. The van der Waals surface area contributed by atoms with Crippen molar-refractivity contribution in [3.05, 3.63) is 35.9 Å². The second kappa shape index (κ2) is 7.75. The van der Waals surface area contributed by atoms with E-state index < -0.39 is 0 Å². The molecule has 0 bridgehead atoms. The Balaban J connectivity index is 2.23. The lowest BCUT2D eigenvalue weighted by Crippen LogP contribution is -2.06. The molecule has 2 unspecified atom stereocenters. The Kier molecular flexibility index (Phi) is 6.58. The average molecular weight is 238 g/mol. The predicted octanol–water partition coefficient (Wildman–Crippen LogP) is 4.11. The highest BCUT2D eigenvalue weighted by Gasteiger charge is 2.06. The van der Waals surface area contributed by atoms with Crippen LogP contribution in [-0.4, -0.2) is 12.4 Å². The Bertz CT molecular complexity index is 273. The zero-order valence-electron chi connectivity index (χ0n) is 10.2. The third-order valence-corrected chi connectivity index (χ3v) is 3.13. The van der Waals surface area contributed by atoms with E-state index in [2.05, 4.69) is 50.7 Å².